The fourth-order valence-corrected chi connectivity index (χ4v) is 3.53. The van der Waals surface area contributed by atoms with Crippen molar-refractivity contribution < 1.29 is 9.53 Å². The molecular formula is C17H20N4O2. The molecule has 0 bridgehead atoms. The van der Waals surface area contributed by atoms with E-state index in [0.29, 0.717) is 24.2 Å². The maximum absolute atomic E-state index is 12.8. The van der Waals surface area contributed by atoms with Crippen molar-refractivity contribution in [1.29, 1.82) is 5.26 Å². The number of allylic oxidation sites excluding steroid dienone is 3. The Morgan fingerprint density at radius 3 is 2.74 bits per heavy atom. The second kappa shape index (κ2) is 4.98. The number of hydrogen-bond donors (Lipinski definition) is 1. The molecule has 0 saturated carbocycles. The van der Waals surface area contributed by atoms with Crippen LogP contribution >= 0.6 is 0 Å². The number of nitrogens with two attached hydrogens (primary N) is 1. The van der Waals surface area contributed by atoms with Gasteiger partial charge in [-0.3, -0.25) is 9.48 Å². The minimum Gasteiger partial charge on any atom is -0.444 e. The lowest BCUT2D eigenvalue weighted by atomic mass is 9.71. The molecule has 6 nitrogen and oxygen atoms in total. The van der Waals surface area contributed by atoms with Crippen molar-refractivity contribution in [3.05, 3.63) is 40.2 Å². The Hall–Kier alpha value is -2.55. The van der Waals surface area contributed by atoms with E-state index in [2.05, 4.69) is 11.2 Å². The zero-order valence-electron chi connectivity index (χ0n) is 13.8. The predicted molar refractivity (Wildman–Crippen MR) is 83.6 cm³/mol. The molecule has 1 atom stereocenters. The minimum atomic E-state index is -0.500. The molecule has 0 saturated heterocycles. The van der Waals surface area contributed by atoms with Crippen LogP contribution in [-0.2, 0) is 16.6 Å². The van der Waals surface area contributed by atoms with Crippen molar-refractivity contribution >= 4 is 5.78 Å². The molecule has 1 aliphatic heterocycles. The maximum atomic E-state index is 12.8. The Morgan fingerprint density at radius 1 is 1.48 bits per heavy atom. The molecular weight excluding hydrogens is 292 g/mol. The van der Waals surface area contributed by atoms with Crippen molar-refractivity contribution in [2.75, 3.05) is 0 Å². The molecule has 2 N–H and O–H groups in total. The summed E-state index contributed by atoms with van der Waals surface area (Å²) in [6.07, 6.45) is 2.79. The molecule has 2 heterocycles. The van der Waals surface area contributed by atoms with Crippen molar-refractivity contribution in [1.82, 2.24) is 9.78 Å². The maximum Gasteiger partial charge on any atom is 0.205 e. The highest BCUT2D eigenvalue weighted by molar-refractivity contribution is 6.00. The fourth-order valence-electron chi connectivity index (χ4n) is 3.53. The first-order chi connectivity index (χ1) is 10.7. The van der Waals surface area contributed by atoms with E-state index in [1.807, 2.05) is 20.8 Å². The first-order valence-corrected chi connectivity index (χ1v) is 7.57. The third-order valence-electron chi connectivity index (χ3n) is 4.53. The van der Waals surface area contributed by atoms with Crippen LogP contribution in [0.1, 0.15) is 43.9 Å². The quantitative estimate of drug-likeness (QED) is 0.857. The van der Waals surface area contributed by atoms with Crippen LogP contribution in [0.2, 0.25) is 0 Å². The van der Waals surface area contributed by atoms with Crippen LogP contribution in [0, 0.1) is 23.7 Å². The lowest BCUT2D eigenvalue weighted by Crippen LogP contribution is -2.34. The van der Waals surface area contributed by atoms with Gasteiger partial charge in [0.05, 0.1) is 17.8 Å². The zero-order chi connectivity index (χ0) is 16.9. The van der Waals surface area contributed by atoms with Crippen LogP contribution in [0.5, 0.6) is 0 Å². The van der Waals surface area contributed by atoms with Crippen LogP contribution < -0.4 is 5.73 Å². The second-order valence-electron chi connectivity index (χ2n) is 7.04. The number of carbonyl (C=O) groups excluding carboxylic acids is 1. The summed E-state index contributed by atoms with van der Waals surface area (Å²) >= 11 is 0. The number of ketones is 1. The Morgan fingerprint density at radius 2 is 2.17 bits per heavy atom. The molecule has 0 unspecified atom stereocenters. The highest BCUT2D eigenvalue weighted by Gasteiger charge is 2.44. The van der Waals surface area contributed by atoms with E-state index < -0.39 is 5.92 Å². The number of ether oxygens (including phenoxy) is 1. The van der Waals surface area contributed by atoms with E-state index in [1.54, 1.807) is 17.9 Å². The van der Waals surface area contributed by atoms with Crippen LogP contribution in [0.15, 0.2) is 29.0 Å². The molecule has 0 aromatic carbocycles. The summed E-state index contributed by atoms with van der Waals surface area (Å²) in [4.78, 5) is 12.8. The van der Waals surface area contributed by atoms with Gasteiger partial charge in [0.15, 0.2) is 5.78 Å². The van der Waals surface area contributed by atoms with Gasteiger partial charge in [0, 0.05) is 25.5 Å². The summed E-state index contributed by atoms with van der Waals surface area (Å²) < 4.78 is 7.37. The van der Waals surface area contributed by atoms with Gasteiger partial charge < -0.3 is 10.5 Å². The van der Waals surface area contributed by atoms with Crippen molar-refractivity contribution in [2.24, 2.45) is 18.2 Å². The Kier molecular flexibility index (Phi) is 3.33. The van der Waals surface area contributed by atoms with E-state index in [-0.39, 0.29) is 22.7 Å². The molecule has 120 valence electrons. The van der Waals surface area contributed by atoms with Crippen LogP contribution in [0.3, 0.4) is 0 Å². The smallest absolute Gasteiger partial charge is 0.205 e. The molecule has 0 amide bonds. The molecule has 1 aromatic heterocycles. The average Bonchev–Trinajstić information content (AvgIpc) is 2.75. The molecule has 1 aliphatic carbocycles. The molecule has 2 aliphatic rings. The van der Waals surface area contributed by atoms with Gasteiger partial charge in [-0.25, -0.2) is 0 Å². The number of aryl methyl sites for hydroxylation is 2. The van der Waals surface area contributed by atoms with Gasteiger partial charge in [-0.15, -0.1) is 0 Å². The summed E-state index contributed by atoms with van der Waals surface area (Å²) in [7, 11) is 1.81. The lowest BCUT2D eigenvalue weighted by molar-refractivity contribution is -0.119. The number of nitrogens with zero attached hydrogens (tertiary/aromatic N) is 3. The highest BCUT2D eigenvalue weighted by atomic mass is 16.5. The van der Waals surface area contributed by atoms with Crippen molar-refractivity contribution in [2.45, 2.75) is 39.5 Å². The molecule has 23 heavy (non-hydrogen) atoms. The average molecular weight is 312 g/mol. The Labute approximate surface area is 135 Å². The Bertz CT molecular complexity index is 786. The highest BCUT2D eigenvalue weighted by Crippen LogP contribution is 2.48. The van der Waals surface area contributed by atoms with Crippen molar-refractivity contribution in [3.8, 4) is 6.07 Å². The minimum absolute atomic E-state index is 0.0158. The van der Waals surface area contributed by atoms with Gasteiger partial charge in [-0.1, -0.05) is 13.8 Å². The van der Waals surface area contributed by atoms with E-state index in [0.717, 1.165) is 11.3 Å². The molecule has 0 spiro atoms. The first kappa shape index (κ1) is 15.3. The van der Waals surface area contributed by atoms with Gasteiger partial charge in [0.1, 0.15) is 17.4 Å². The van der Waals surface area contributed by atoms with Crippen LogP contribution in [0.25, 0.3) is 0 Å². The monoisotopic (exact) mass is 312 g/mol. The Balaban J connectivity index is 2.24. The largest absolute Gasteiger partial charge is 0.444 e. The third kappa shape index (κ3) is 2.33. The van der Waals surface area contributed by atoms with E-state index in [1.165, 1.54) is 0 Å². The number of carbonyl (C=O) groups is 1. The van der Waals surface area contributed by atoms with Crippen LogP contribution in [-0.4, -0.2) is 15.6 Å². The second-order valence-corrected chi connectivity index (χ2v) is 7.04. The van der Waals surface area contributed by atoms with Gasteiger partial charge in [0.25, 0.3) is 0 Å². The summed E-state index contributed by atoms with van der Waals surface area (Å²) in [5, 5.41) is 13.8. The number of hydrogen-bond acceptors (Lipinski definition) is 5. The number of rotatable bonds is 1. The summed E-state index contributed by atoms with van der Waals surface area (Å²) in [6, 6.07) is 2.12. The first-order valence-electron chi connectivity index (χ1n) is 7.57. The van der Waals surface area contributed by atoms with Gasteiger partial charge in [-0.2, -0.15) is 10.4 Å². The zero-order valence-corrected chi connectivity index (χ0v) is 13.8. The number of aromatic nitrogens is 2. The van der Waals surface area contributed by atoms with Gasteiger partial charge >= 0.3 is 0 Å². The summed E-state index contributed by atoms with van der Waals surface area (Å²) in [6.45, 7) is 5.98. The topological polar surface area (TPSA) is 93.9 Å². The van der Waals surface area contributed by atoms with Crippen LogP contribution in [0.4, 0.5) is 0 Å². The fraction of sp³-hybridized carbons (Fsp3) is 0.471. The lowest BCUT2D eigenvalue weighted by Gasteiger charge is -2.37. The standard InChI is InChI=1S/C17H20N4O2/c1-9-8-20-21(4)15(9)13-10(7-18)16(19)23-12-6-17(2,3)5-11(22)14(12)13/h8,13H,5-6,19H2,1-4H3/t13-/m1/s1. The van der Waals surface area contributed by atoms with Gasteiger partial charge in [-0.05, 0) is 17.9 Å². The molecule has 3 rings (SSSR count). The predicted octanol–water partition coefficient (Wildman–Crippen LogP) is 2.18. The number of nitriles is 1. The third-order valence-corrected chi connectivity index (χ3v) is 4.53. The molecule has 1 aromatic rings. The van der Waals surface area contributed by atoms with E-state index in [4.69, 9.17) is 10.5 Å². The molecule has 0 fully saturated rings. The van der Waals surface area contributed by atoms with E-state index >= 15 is 0 Å². The molecule has 6 heteroatoms. The molecule has 0 radical (unpaired) electrons. The number of Topliss-reactive ketones (excluding diaryl/α,β-unsaturated/α-hetero) is 1. The summed E-state index contributed by atoms with van der Waals surface area (Å²) in [5.74, 6) is 0.192. The van der Waals surface area contributed by atoms with E-state index in [9.17, 15) is 10.1 Å². The van der Waals surface area contributed by atoms with Gasteiger partial charge in [0.2, 0.25) is 5.88 Å². The normalized spacial score (nSPS) is 23.4. The SMILES string of the molecule is Cc1cnn(C)c1[C@@H]1C(C#N)=C(N)OC2=C1C(=O)CC(C)(C)C2. The summed E-state index contributed by atoms with van der Waals surface area (Å²) in [5.41, 5.74) is 8.39. The van der Waals surface area contributed by atoms with Crippen molar-refractivity contribution in [3.63, 3.8) is 0 Å².